The molecular formula is C20H28O5. The Hall–Kier alpha value is -1.62. The zero-order valence-corrected chi connectivity index (χ0v) is 15.3. The predicted molar refractivity (Wildman–Crippen MR) is 92.4 cm³/mol. The van der Waals surface area contributed by atoms with Crippen molar-refractivity contribution in [3.05, 3.63) is 24.3 Å². The minimum Gasteiger partial charge on any atom is -0.461 e. The summed E-state index contributed by atoms with van der Waals surface area (Å²) in [5.74, 6) is -0.819. The second kappa shape index (κ2) is 6.27. The van der Waals surface area contributed by atoms with Crippen LogP contribution in [-0.2, 0) is 19.1 Å². The predicted octanol–water partition coefficient (Wildman–Crippen LogP) is 2.78. The van der Waals surface area contributed by atoms with Crippen molar-refractivity contribution < 1.29 is 24.2 Å². The normalized spacial score (nSPS) is 41.6. The van der Waals surface area contributed by atoms with Crippen LogP contribution in [0, 0.1) is 23.2 Å². The molecule has 0 spiro atoms. The Balaban J connectivity index is 1.89. The third kappa shape index (κ3) is 2.82. The van der Waals surface area contributed by atoms with Crippen LogP contribution < -0.4 is 0 Å². The van der Waals surface area contributed by atoms with E-state index in [9.17, 15) is 14.7 Å². The monoisotopic (exact) mass is 348 g/mol. The summed E-state index contributed by atoms with van der Waals surface area (Å²) < 4.78 is 11.3. The summed E-state index contributed by atoms with van der Waals surface area (Å²) in [6.07, 6.45) is 0.970. The Labute approximate surface area is 149 Å². The van der Waals surface area contributed by atoms with Crippen LogP contribution in [0.25, 0.3) is 0 Å². The molecule has 0 amide bonds. The number of fused-ring (bicyclic) bond motifs is 2. The Morgan fingerprint density at radius 2 is 2.12 bits per heavy atom. The van der Waals surface area contributed by atoms with E-state index in [2.05, 4.69) is 20.1 Å². The number of aliphatic hydroxyl groups is 1. The zero-order chi connectivity index (χ0) is 18.5. The molecule has 1 N–H and O–H groups in total. The Kier molecular flexibility index (Phi) is 4.56. The molecule has 1 heterocycles. The summed E-state index contributed by atoms with van der Waals surface area (Å²) in [5.41, 5.74) is 0.878. The van der Waals surface area contributed by atoms with E-state index in [0.29, 0.717) is 31.3 Å². The van der Waals surface area contributed by atoms with Gasteiger partial charge in [-0.2, -0.15) is 0 Å². The van der Waals surface area contributed by atoms with Crippen molar-refractivity contribution in [2.24, 2.45) is 23.2 Å². The molecule has 0 radical (unpaired) electrons. The molecule has 2 saturated carbocycles. The average molecular weight is 348 g/mol. The highest BCUT2D eigenvalue weighted by Gasteiger charge is 2.58. The molecule has 1 aliphatic heterocycles. The highest BCUT2D eigenvalue weighted by atomic mass is 16.6. The first-order valence-corrected chi connectivity index (χ1v) is 9.16. The molecule has 0 bridgehead atoms. The van der Waals surface area contributed by atoms with Gasteiger partial charge in [0, 0.05) is 23.3 Å². The van der Waals surface area contributed by atoms with Gasteiger partial charge in [-0.25, -0.2) is 4.79 Å². The average Bonchev–Trinajstić information content (AvgIpc) is 2.84. The lowest BCUT2D eigenvalue weighted by Gasteiger charge is -2.54. The van der Waals surface area contributed by atoms with Crippen LogP contribution in [0.4, 0.5) is 0 Å². The van der Waals surface area contributed by atoms with Gasteiger partial charge in [-0.1, -0.05) is 33.9 Å². The maximum absolute atomic E-state index is 12.4. The number of ether oxygens (including phenoxy) is 2. The van der Waals surface area contributed by atoms with Gasteiger partial charge in [-0.3, -0.25) is 4.79 Å². The first-order valence-electron chi connectivity index (χ1n) is 9.16. The lowest BCUT2D eigenvalue weighted by atomic mass is 9.54. The first kappa shape index (κ1) is 18.2. The topological polar surface area (TPSA) is 72.8 Å². The number of hydrogen-bond acceptors (Lipinski definition) is 5. The van der Waals surface area contributed by atoms with Crippen molar-refractivity contribution in [3.63, 3.8) is 0 Å². The Bertz CT molecular complexity index is 624. The van der Waals surface area contributed by atoms with Gasteiger partial charge in [-0.05, 0) is 30.8 Å². The molecule has 5 nitrogen and oxygen atoms in total. The number of rotatable bonds is 3. The van der Waals surface area contributed by atoms with Crippen LogP contribution in [0.1, 0.15) is 46.5 Å². The van der Waals surface area contributed by atoms with Gasteiger partial charge in [0.1, 0.15) is 12.2 Å². The van der Waals surface area contributed by atoms with Crippen molar-refractivity contribution in [1.82, 2.24) is 0 Å². The maximum atomic E-state index is 12.4. The van der Waals surface area contributed by atoms with Crippen LogP contribution in [0.15, 0.2) is 24.3 Å². The van der Waals surface area contributed by atoms with E-state index in [4.69, 9.17) is 9.47 Å². The van der Waals surface area contributed by atoms with Crippen molar-refractivity contribution in [2.45, 2.75) is 64.8 Å². The summed E-state index contributed by atoms with van der Waals surface area (Å²) in [5, 5.41) is 10.5. The molecule has 138 valence electrons. The molecule has 3 rings (SSSR count). The maximum Gasteiger partial charge on any atom is 0.334 e. The fourth-order valence-corrected chi connectivity index (χ4v) is 4.64. The molecule has 0 aromatic rings. The van der Waals surface area contributed by atoms with Gasteiger partial charge in [0.15, 0.2) is 0 Å². The van der Waals surface area contributed by atoms with E-state index in [1.54, 1.807) is 0 Å². The number of hydrogen-bond donors (Lipinski definition) is 1. The molecule has 0 aromatic heterocycles. The number of carbonyl (C=O) groups is 2. The van der Waals surface area contributed by atoms with Gasteiger partial charge in [0.2, 0.25) is 0 Å². The van der Waals surface area contributed by atoms with E-state index >= 15 is 0 Å². The van der Waals surface area contributed by atoms with Crippen LogP contribution in [0.3, 0.4) is 0 Å². The van der Waals surface area contributed by atoms with Gasteiger partial charge < -0.3 is 14.6 Å². The third-order valence-corrected chi connectivity index (χ3v) is 6.67. The fourth-order valence-electron chi connectivity index (χ4n) is 4.64. The van der Waals surface area contributed by atoms with E-state index in [1.807, 2.05) is 13.8 Å². The largest absolute Gasteiger partial charge is 0.461 e. The quantitative estimate of drug-likeness (QED) is 0.482. The van der Waals surface area contributed by atoms with Gasteiger partial charge in [0.05, 0.1) is 12.0 Å². The second-order valence-electron chi connectivity index (χ2n) is 8.13. The number of aliphatic hydroxyl groups excluding tert-OH is 1. The first-order chi connectivity index (χ1) is 11.7. The van der Waals surface area contributed by atoms with Gasteiger partial charge in [-0.15, -0.1) is 0 Å². The van der Waals surface area contributed by atoms with Gasteiger partial charge in [0.25, 0.3) is 0 Å². The third-order valence-electron chi connectivity index (χ3n) is 6.67. The van der Waals surface area contributed by atoms with Crippen LogP contribution in [-0.4, -0.2) is 35.4 Å². The molecule has 1 saturated heterocycles. The molecule has 1 unspecified atom stereocenters. The molecular weight excluding hydrogens is 320 g/mol. The van der Waals surface area contributed by atoms with Gasteiger partial charge >= 0.3 is 11.9 Å². The number of esters is 2. The zero-order valence-electron chi connectivity index (χ0n) is 15.3. The molecule has 3 fully saturated rings. The second-order valence-corrected chi connectivity index (χ2v) is 8.13. The van der Waals surface area contributed by atoms with Crippen LogP contribution >= 0.6 is 0 Å². The Morgan fingerprint density at radius 1 is 1.44 bits per heavy atom. The van der Waals surface area contributed by atoms with E-state index in [0.717, 1.165) is 5.57 Å². The lowest BCUT2D eigenvalue weighted by Crippen LogP contribution is -2.55. The van der Waals surface area contributed by atoms with Crippen molar-refractivity contribution in [2.75, 3.05) is 0 Å². The van der Waals surface area contributed by atoms with Crippen molar-refractivity contribution >= 4 is 11.9 Å². The molecule has 2 aliphatic carbocycles. The van der Waals surface area contributed by atoms with Crippen molar-refractivity contribution in [1.29, 1.82) is 0 Å². The number of carbonyl (C=O) groups excluding carboxylic acids is 2. The van der Waals surface area contributed by atoms with Crippen LogP contribution in [0.2, 0.25) is 0 Å². The summed E-state index contributed by atoms with van der Waals surface area (Å²) in [6, 6.07) is 0. The summed E-state index contributed by atoms with van der Waals surface area (Å²) in [4.78, 5) is 24.3. The fraction of sp³-hybridized carbons (Fsp3) is 0.700. The van der Waals surface area contributed by atoms with E-state index in [-0.39, 0.29) is 35.8 Å². The standard InChI is InChI=1S/C20H28O5/c1-6-10(2)18(22)25-17-8-15(21)12(4)14-7-13-11(3)19(23)24-16(13)9-20(14,17)5/h10,13-17,21H,3-4,6-9H2,1-2,5H3/t10?,13-,14+,15-,16-,17+,20-/m1/s1. The minimum absolute atomic E-state index is 0.0292. The SMILES string of the molecule is C=C1C(=O)O[C@@H]2C[C@@]3(C)[C@@H](OC(=O)C(C)CC)C[C@@H](O)C(=C)[C@@H]3C[C@H]12. The summed E-state index contributed by atoms with van der Waals surface area (Å²) in [6.45, 7) is 13.8. The Morgan fingerprint density at radius 3 is 2.76 bits per heavy atom. The van der Waals surface area contributed by atoms with E-state index in [1.165, 1.54) is 0 Å². The lowest BCUT2D eigenvalue weighted by molar-refractivity contribution is -0.178. The molecule has 25 heavy (non-hydrogen) atoms. The molecule has 0 aromatic carbocycles. The molecule has 3 aliphatic rings. The smallest absolute Gasteiger partial charge is 0.334 e. The summed E-state index contributed by atoms with van der Waals surface area (Å²) >= 11 is 0. The minimum atomic E-state index is -0.698. The van der Waals surface area contributed by atoms with Crippen LogP contribution in [0.5, 0.6) is 0 Å². The highest BCUT2D eigenvalue weighted by molar-refractivity contribution is 5.90. The summed E-state index contributed by atoms with van der Waals surface area (Å²) in [7, 11) is 0. The van der Waals surface area contributed by atoms with E-state index < -0.39 is 17.6 Å². The highest BCUT2D eigenvalue weighted by Crippen LogP contribution is 2.57. The molecule has 5 heteroatoms. The van der Waals surface area contributed by atoms with Crippen molar-refractivity contribution in [3.8, 4) is 0 Å². The molecule has 7 atom stereocenters.